The number of carbonyl (C=O) groups is 1. The summed E-state index contributed by atoms with van der Waals surface area (Å²) >= 11 is 12.6. The van der Waals surface area contributed by atoms with E-state index in [1.807, 2.05) is 50.1 Å². The molecule has 2 rings (SSSR count). The van der Waals surface area contributed by atoms with E-state index in [1.165, 1.54) is 44.9 Å². The molecule has 0 aliphatic heterocycles. The van der Waals surface area contributed by atoms with E-state index in [0.29, 0.717) is 5.56 Å². The molecule has 0 saturated heterocycles. The van der Waals surface area contributed by atoms with E-state index in [0.717, 1.165) is 18.9 Å². The molecule has 0 amide bonds. The molecule has 0 atom stereocenters. The fourth-order valence-electron chi connectivity index (χ4n) is 1.30. The van der Waals surface area contributed by atoms with Gasteiger partial charge in [-0.1, -0.05) is 46.8 Å². The summed E-state index contributed by atoms with van der Waals surface area (Å²) in [5.74, 6) is 0. The minimum Gasteiger partial charge on any atom is -0.363 e. The summed E-state index contributed by atoms with van der Waals surface area (Å²) in [5.41, 5.74) is 1.50. The van der Waals surface area contributed by atoms with Gasteiger partial charge in [0, 0.05) is 33.8 Å². The molecule has 0 N–H and O–H groups in total. The number of fused-ring (bicyclic) bond motifs is 1. The lowest BCUT2D eigenvalue weighted by molar-refractivity contribution is 0.109. The second-order valence-electron chi connectivity index (χ2n) is 4.91. The summed E-state index contributed by atoms with van der Waals surface area (Å²) in [5, 5.41) is 3.97. The molecule has 0 aliphatic rings. The Kier molecular flexibility index (Phi) is 10.2. The summed E-state index contributed by atoms with van der Waals surface area (Å²) in [7, 11) is 10.7. The topological polar surface area (TPSA) is 49.3 Å². The smallest absolute Gasteiger partial charge is 0.220 e. The molecular formula is C14H18N4OS6. The highest BCUT2D eigenvalue weighted by atomic mass is 33.1. The van der Waals surface area contributed by atoms with E-state index >= 15 is 0 Å². The van der Waals surface area contributed by atoms with Gasteiger partial charge in [0.25, 0.3) is 0 Å². The Labute approximate surface area is 174 Å². The van der Waals surface area contributed by atoms with Gasteiger partial charge in [0.2, 0.25) is 5.12 Å². The predicted molar refractivity (Wildman–Crippen MR) is 123 cm³/mol. The van der Waals surface area contributed by atoms with Crippen LogP contribution in [0.4, 0.5) is 0 Å². The van der Waals surface area contributed by atoms with Crippen LogP contribution in [0, 0.1) is 0 Å². The summed E-state index contributed by atoms with van der Waals surface area (Å²) < 4.78 is 6.36. The fraction of sp³-hybridized carbons (Fsp3) is 0.357. The number of thioether (sulfide) groups is 1. The van der Waals surface area contributed by atoms with E-state index in [9.17, 15) is 4.79 Å². The van der Waals surface area contributed by atoms with Crippen molar-refractivity contribution in [2.24, 2.45) is 0 Å². The Morgan fingerprint density at radius 3 is 2.12 bits per heavy atom. The first-order valence-corrected chi connectivity index (χ1v) is 11.8. The number of aromatic nitrogens is 2. The lowest BCUT2D eigenvalue weighted by atomic mass is 10.2. The molecule has 136 valence electrons. The molecule has 1 aromatic heterocycles. The van der Waals surface area contributed by atoms with Gasteiger partial charge in [0.05, 0.1) is 4.70 Å². The van der Waals surface area contributed by atoms with E-state index in [1.54, 1.807) is 12.3 Å². The number of rotatable bonds is 1. The SMILES string of the molecule is CN(C)C(=S)SSC(=S)N(C)C.CSC(=O)c1cccc2nnsc12. The van der Waals surface area contributed by atoms with Crippen LogP contribution < -0.4 is 0 Å². The maximum absolute atomic E-state index is 11.4. The number of hydrogen-bond donors (Lipinski definition) is 0. The van der Waals surface area contributed by atoms with Gasteiger partial charge in [-0.2, -0.15) is 0 Å². The van der Waals surface area contributed by atoms with Crippen molar-refractivity contribution in [1.82, 2.24) is 19.4 Å². The van der Waals surface area contributed by atoms with Crippen molar-refractivity contribution in [3.63, 3.8) is 0 Å². The van der Waals surface area contributed by atoms with Gasteiger partial charge >= 0.3 is 0 Å². The lowest BCUT2D eigenvalue weighted by Gasteiger charge is -2.15. The molecule has 0 bridgehead atoms. The normalized spacial score (nSPS) is 9.96. The Balaban J connectivity index is 0.000000252. The van der Waals surface area contributed by atoms with Crippen LogP contribution >= 0.6 is 69.3 Å². The highest BCUT2D eigenvalue weighted by Crippen LogP contribution is 2.26. The molecule has 25 heavy (non-hydrogen) atoms. The highest BCUT2D eigenvalue weighted by molar-refractivity contribution is 8.89. The van der Waals surface area contributed by atoms with Gasteiger partial charge in [0.1, 0.15) is 14.2 Å². The van der Waals surface area contributed by atoms with Gasteiger partial charge in [0.15, 0.2) is 0 Å². The minimum atomic E-state index is 0.0663. The van der Waals surface area contributed by atoms with Gasteiger partial charge < -0.3 is 9.80 Å². The van der Waals surface area contributed by atoms with Crippen molar-refractivity contribution in [1.29, 1.82) is 0 Å². The average molecular weight is 451 g/mol. The number of hydrogen-bond acceptors (Lipinski definition) is 9. The summed E-state index contributed by atoms with van der Waals surface area (Å²) in [6, 6.07) is 5.49. The van der Waals surface area contributed by atoms with Crippen molar-refractivity contribution >= 4 is 93.3 Å². The lowest BCUT2D eigenvalue weighted by Crippen LogP contribution is -2.18. The molecule has 5 nitrogen and oxygen atoms in total. The van der Waals surface area contributed by atoms with Crippen molar-refractivity contribution < 1.29 is 4.79 Å². The fourth-order valence-corrected chi connectivity index (χ4v) is 4.80. The summed E-state index contributed by atoms with van der Waals surface area (Å²) in [6.45, 7) is 0. The van der Waals surface area contributed by atoms with Gasteiger partial charge in [-0.05, 0) is 51.5 Å². The Bertz CT molecular complexity index is 726. The minimum absolute atomic E-state index is 0.0663. The van der Waals surface area contributed by atoms with E-state index in [2.05, 4.69) is 9.59 Å². The standard InChI is InChI=1S/C8H6N2OS2.C6H12N2S4/c1-12-8(11)5-3-2-4-6-7(5)13-10-9-6;1-7(2)5(9)11-12-6(10)8(3)4/h2-4H,1H3;1-4H3. The summed E-state index contributed by atoms with van der Waals surface area (Å²) in [4.78, 5) is 15.2. The van der Waals surface area contributed by atoms with Crippen LogP contribution in [-0.4, -0.2) is 67.6 Å². The third kappa shape index (κ3) is 7.35. The van der Waals surface area contributed by atoms with Crippen LogP contribution in [0.2, 0.25) is 0 Å². The third-order valence-electron chi connectivity index (χ3n) is 2.59. The zero-order chi connectivity index (χ0) is 19.0. The van der Waals surface area contributed by atoms with E-state index < -0.39 is 0 Å². The third-order valence-corrected chi connectivity index (χ3v) is 8.12. The van der Waals surface area contributed by atoms with Crippen LogP contribution in [0.15, 0.2) is 18.2 Å². The quantitative estimate of drug-likeness (QED) is 0.465. The number of carbonyl (C=O) groups excluding carboxylic acids is 1. The highest BCUT2D eigenvalue weighted by Gasteiger charge is 2.10. The molecule has 0 radical (unpaired) electrons. The van der Waals surface area contributed by atoms with Crippen molar-refractivity contribution in [3.05, 3.63) is 23.8 Å². The van der Waals surface area contributed by atoms with Crippen molar-refractivity contribution in [3.8, 4) is 0 Å². The van der Waals surface area contributed by atoms with Crippen LogP contribution in [0.3, 0.4) is 0 Å². The molecule has 0 saturated carbocycles. The first-order valence-electron chi connectivity index (χ1n) is 6.84. The molecule has 0 aliphatic carbocycles. The second-order valence-corrected chi connectivity index (χ2v) is 9.84. The number of benzene rings is 1. The molecular weight excluding hydrogens is 433 g/mol. The zero-order valence-electron chi connectivity index (χ0n) is 14.4. The molecule has 1 aromatic carbocycles. The van der Waals surface area contributed by atoms with Gasteiger partial charge in [-0.15, -0.1) is 5.10 Å². The van der Waals surface area contributed by atoms with Gasteiger partial charge in [-0.3, -0.25) is 4.79 Å². The maximum Gasteiger partial charge on any atom is 0.220 e. The summed E-state index contributed by atoms with van der Waals surface area (Å²) in [6.07, 6.45) is 1.77. The molecule has 2 aromatic rings. The number of thiocarbonyl (C=S) groups is 2. The van der Waals surface area contributed by atoms with Crippen LogP contribution in [0.5, 0.6) is 0 Å². The Morgan fingerprint density at radius 1 is 1.08 bits per heavy atom. The zero-order valence-corrected chi connectivity index (χ0v) is 19.3. The molecule has 0 unspecified atom stereocenters. The van der Waals surface area contributed by atoms with E-state index in [-0.39, 0.29) is 5.12 Å². The van der Waals surface area contributed by atoms with Gasteiger partial charge in [-0.25, -0.2) is 0 Å². The Hall–Kier alpha value is -0.460. The predicted octanol–water partition coefficient (Wildman–Crippen LogP) is 4.26. The van der Waals surface area contributed by atoms with Crippen LogP contribution in [-0.2, 0) is 0 Å². The molecule has 1 heterocycles. The van der Waals surface area contributed by atoms with E-state index in [4.69, 9.17) is 24.4 Å². The number of nitrogens with zero attached hydrogens (tertiary/aromatic N) is 4. The molecule has 0 spiro atoms. The van der Waals surface area contributed by atoms with Crippen molar-refractivity contribution in [2.45, 2.75) is 0 Å². The largest absolute Gasteiger partial charge is 0.363 e. The first-order chi connectivity index (χ1) is 11.8. The monoisotopic (exact) mass is 450 g/mol. The van der Waals surface area contributed by atoms with Crippen molar-refractivity contribution in [2.75, 3.05) is 34.4 Å². The average Bonchev–Trinajstić information content (AvgIpc) is 3.07. The maximum atomic E-state index is 11.4. The Morgan fingerprint density at radius 2 is 1.64 bits per heavy atom. The molecule has 0 fully saturated rings. The van der Waals surface area contributed by atoms with Crippen LogP contribution in [0.25, 0.3) is 10.2 Å². The first kappa shape index (κ1) is 22.6. The van der Waals surface area contributed by atoms with Crippen LogP contribution in [0.1, 0.15) is 10.4 Å². The second kappa shape index (κ2) is 11.3. The molecule has 11 heteroatoms.